The molecule has 2 N–H and O–H groups in total. The van der Waals surface area contributed by atoms with Gasteiger partial charge in [-0.2, -0.15) is 0 Å². The Hall–Kier alpha value is -3.87. The Bertz CT molecular complexity index is 1530. The van der Waals surface area contributed by atoms with Crippen LogP contribution in [0.1, 0.15) is 16.3 Å². The van der Waals surface area contributed by atoms with E-state index < -0.39 is 6.03 Å². The molecule has 0 unspecified atom stereocenters. The number of ether oxygens (including phenoxy) is 2. The summed E-state index contributed by atoms with van der Waals surface area (Å²) in [6.07, 6.45) is 5.67. The number of morpholine rings is 1. The van der Waals surface area contributed by atoms with Crippen LogP contribution in [0.5, 0.6) is 5.88 Å². The van der Waals surface area contributed by atoms with E-state index in [9.17, 15) is 9.59 Å². The number of amides is 2. The van der Waals surface area contributed by atoms with Crippen LogP contribution in [0.15, 0.2) is 41.6 Å². The van der Waals surface area contributed by atoms with Gasteiger partial charge in [-0.05, 0) is 38.5 Å². The Balaban J connectivity index is 1.39. The maximum absolute atomic E-state index is 13.3. The summed E-state index contributed by atoms with van der Waals surface area (Å²) < 4.78 is 12.3. The van der Waals surface area contributed by atoms with E-state index in [1.807, 2.05) is 19.9 Å². The van der Waals surface area contributed by atoms with Crippen LogP contribution < -0.4 is 20.9 Å². The summed E-state index contributed by atoms with van der Waals surface area (Å²) in [6, 6.07) is 4.99. The summed E-state index contributed by atoms with van der Waals surface area (Å²) >= 11 is 1.40. The van der Waals surface area contributed by atoms with Gasteiger partial charge in [0.2, 0.25) is 5.88 Å². The molecule has 0 saturated carbocycles. The number of aromatic nitrogens is 4. The molecular weight excluding hydrogens is 506 g/mol. The summed E-state index contributed by atoms with van der Waals surface area (Å²) in [4.78, 5) is 41.4. The first-order valence-corrected chi connectivity index (χ1v) is 13.1. The molecule has 38 heavy (non-hydrogen) atoms. The number of methoxy groups -OCH3 is 1. The molecule has 5 rings (SSSR count). The Labute approximate surface area is 223 Å². The first kappa shape index (κ1) is 25.8. The van der Waals surface area contributed by atoms with Gasteiger partial charge in [0.05, 0.1) is 31.0 Å². The maximum Gasteiger partial charge on any atom is 0.324 e. The molecule has 11 nitrogen and oxygen atoms in total. The number of urea groups is 1. The SMILES string of the molecule is COc1ncc(-c2ccc3ncc(CCN4CCOCC4)c(=O)n3c2)cc1NC(=O)Nc1sc(C)nc1C. The number of hydrogen-bond acceptors (Lipinski definition) is 9. The normalized spacial score (nSPS) is 14.0. The average Bonchev–Trinajstić information content (AvgIpc) is 3.24. The van der Waals surface area contributed by atoms with Crippen LogP contribution in [-0.4, -0.2) is 70.2 Å². The fourth-order valence-corrected chi connectivity index (χ4v) is 5.14. The van der Waals surface area contributed by atoms with Gasteiger partial charge in [0.1, 0.15) is 16.3 Å². The van der Waals surface area contributed by atoms with Crippen molar-refractivity contribution in [1.29, 1.82) is 0 Å². The second-order valence-electron chi connectivity index (χ2n) is 8.95. The number of carbonyl (C=O) groups is 1. The fraction of sp³-hybridized carbons (Fsp3) is 0.346. The van der Waals surface area contributed by atoms with Crippen molar-refractivity contribution < 1.29 is 14.3 Å². The molecule has 0 aliphatic carbocycles. The summed E-state index contributed by atoms with van der Waals surface area (Å²) in [5.74, 6) is 0.270. The third-order valence-electron chi connectivity index (χ3n) is 6.33. The van der Waals surface area contributed by atoms with E-state index in [0.29, 0.717) is 33.9 Å². The van der Waals surface area contributed by atoms with Gasteiger partial charge in [-0.25, -0.2) is 19.7 Å². The van der Waals surface area contributed by atoms with Gasteiger partial charge in [-0.1, -0.05) is 0 Å². The van der Waals surface area contributed by atoms with Crippen LogP contribution in [0.25, 0.3) is 16.8 Å². The van der Waals surface area contributed by atoms with Gasteiger partial charge >= 0.3 is 6.03 Å². The van der Waals surface area contributed by atoms with Crippen molar-refractivity contribution in [1.82, 2.24) is 24.3 Å². The molecule has 1 aliphatic rings. The number of rotatable bonds is 7. The smallest absolute Gasteiger partial charge is 0.324 e. The Morgan fingerprint density at radius 3 is 2.68 bits per heavy atom. The zero-order chi connectivity index (χ0) is 26.6. The first-order chi connectivity index (χ1) is 18.4. The number of anilines is 2. The molecule has 4 aromatic rings. The molecular formula is C26H29N7O4S. The quantitative estimate of drug-likeness (QED) is 0.369. The lowest BCUT2D eigenvalue weighted by atomic mass is 10.1. The van der Waals surface area contributed by atoms with Crippen LogP contribution in [0, 0.1) is 13.8 Å². The lowest BCUT2D eigenvalue weighted by molar-refractivity contribution is 0.0384. The molecule has 5 heterocycles. The lowest BCUT2D eigenvalue weighted by Gasteiger charge is -2.26. The zero-order valence-corrected chi connectivity index (χ0v) is 22.3. The van der Waals surface area contributed by atoms with Crippen molar-refractivity contribution in [2.24, 2.45) is 0 Å². The third kappa shape index (κ3) is 5.67. The molecule has 4 aromatic heterocycles. The summed E-state index contributed by atoms with van der Waals surface area (Å²) in [5, 5.41) is 7.17. The van der Waals surface area contributed by atoms with Crippen molar-refractivity contribution in [2.45, 2.75) is 20.3 Å². The minimum absolute atomic E-state index is 0.0977. The highest BCUT2D eigenvalue weighted by atomic mass is 32.1. The Morgan fingerprint density at radius 2 is 1.95 bits per heavy atom. The number of thiazole rings is 1. The number of fused-ring (bicyclic) bond motifs is 1. The van der Waals surface area contributed by atoms with E-state index in [2.05, 4.69) is 30.5 Å². The molecule has 0 radical (unpaired) electrons. The van der Waals surface area contributed by atoms with Crippen molar-refractivity contribution in [3.8, 4) is 17.0 Å². The topological polar surface area (TPSA) is 123 Å². The van der Waals surface area contributed by atoms with Gasteiger partial charge in [-0.3, -0.25) is 19.4 Å². The van der Waals surface area contributed by atoms with Crippen LogP contribution in [0.2, 0.25) is 0 Å². The van der Waals surface area contributed by atoms with Crippen molar-refractivity contribution in [2.75, 3.05) is 50.6 Å². The molecule has 0 atom stereocenters. The second-order valence-corrected chi connectivity index (χ2v) is 10.1. The number of nitrogens with one attached hydrogen (secondary N) is 2. The highest BCUT2D eigenvalue weighted by Crippen LogP contribution is 2.29. The molecule has 12 heteroatoms. The highest BCUT2D eigenvalue weighted by molar-refractivity contribution is 7.16. The second kappa shape index (κ2) is 11.3. The maximum atomic E-state index is 13.3. The zero-order valence-electron chi connectivity index (χ0n) is 21.5. The minimum atomic E-state index is -0.433. The molecule has 2 amide bonds. The Kier molecular flexibility index (Phi) is 7.63. The molecule has 0 bridgehead atoms. The van der Waals surface area contributed by atoms with Crippen molar-refractivity contribution >= 4 is 33.7 Å². The van der Waals surface area contributed by atoms with E-state index in [1.54, 1.807) is 35.1 Å². The van der Waals surface area contributed by atoms with Gasteiger partial charge in [-0.15, -0.1) is 11.3 Å². The predicted molar refractivity (Wildman–Crippen MR) is 146 cm³/mol. The number of carbonyl (C=O) groups excluding carboxylic acids is 1. The van der Waals surface area contributed by atoms with Crippen molar-refractivity contribution in [3.63, 3.8) is 0 Å². The average molecular weight is 536 g/mol. The van der Waals surface area contributed by atoms with Crippen molar-refractivity contribution in [3.05, 3.63) is 63.4 Å². The summed E-state index contributed by atoms with van der Waals surface area (Å²) in [5.41, 5.74) is 3.72. The fourth-order valence-electron chi connectivity index (χ4n) is 4.33. The van der Waals surface area contributed by atoms with E-state index in [1.165, 1.54) is 18.4 Å². The summed E-state index contributed by atoms with van der Waals surface area (Å²) in [7, 11) is 1.49. The standard InChI is InChI=1S/C26H29N7O4S/c1-16-24(38-17(2)29-16)31-26(35)30-21-12-20(14-28-23(21)36-3)19-4-5-22-27-13-18(25(34)33(22)15-19)6-7-32-8-10-37-11-9-32/h4-5,12-15H,6-11H2,1-3H3,(H2,30,31,35). The number of hydrogen-bond donors (Lipinski definition) is 2. The number of aryl methyl sites for hydroxylation is 2. The van der Waals surface area contributed by atoms with Gasteiger partial charge in [0, 0.05) is 54.9 Å². The van der Waals surface area contributed by atoms with E-state index >= 15 is 0 Å². The highest BCUT2D eigenvalue weighted by Gasteiger charge is 2.15. The third-order valence-corrected chi connectivity index (χ3v) is 7.32. The Morgan fingerprint density at radius 1 is 1.13 bits per heavy atom. The predicted octanol–water partition coefficient (Wildman–Crippen LogP) is 3.36. The first-order valence-electron chi connectivity index (χ1n) is 12.3. The monoisotopic (exact) mass is 535 g/mol. The molecule has 1 fully saturated rings. The molecule has 198 valence electrons. The van der Waals surface area contributed by atoms with E-state index in [0.717, 1.165) is 49.1 Å². The van der Waals surface area contributed by atoms with Gasteiger partial charge < -0.3 is 14.8 Å². The van der Waals surface area contributed by atoms with Crippen LogP contribution in [0.4, 0.5) is 15.5 Å². The number of pyridine rings is 2. The largest absolute Gasteiger partial charge is 0.480 e. The lowest BCUT2D eigenvalue weighted by Crippen LogP contribution is -2.38. The molecule has 1 aliphatic heterocycles. The van der Waals surface area contributed by atoms with Gasteiger partial charge in [0.15, 0.2) is 0 Å². The molecule has 1 saturated heterocycles. The summed E-state index contributed by atoms with van der Waals surface area (Å²) in [6.45, 7) is 7.69. The molecule has 0 spiro atoms. The van der Waals surface area contributed by atoms with Crippen LogP contribution in [-0.2, 0) is 11.2 Å². The van der Waals surface area contributed by atoms with Crippen LogP contribution >= 0.6 is 11.3 Å². The molecule has 0 aromatic carbocycles. The van der Waals surface area contributed by atoms with Crippen LogP contribution in [0.3, 0.4) is 0 Å². The number of nitrogens with zero attached hydrogens (tertiary/aromatic N) is 5. The minimum Gasteiger partial charge on any atom is -0.480 e. The van der Waals surface area contributed by atoms with Gasteiger partial charge in [0.25, 0.3) is 5.56 Å². The van der Waals surface area contributed by atoms with E-state index in [-0.39, 0.29) is 11.4 Å². The van der Waals surface area contributed by atoms with E-state index in [4.69, 9.17) is 9.47 Å².